The van der Waals surface area contributed by atoms with Crippen LogP contribution in [0.5, 0.6) is 0 Å². The maximum absolute atomic E-state index is 13.4. The summed E-state index contributed by atoms with van der Waals surface area (Å²) in [6.07, 6.45) is 1.70. The molecule has 24 heavy (non-hydrogen) atoms. The molecule has 3 aromatic rings. The Morgan fingerprint density at radius 2 is 1.83 bits per heavy atom. The van der Waals surface area contributed by atoms with Crippen molar-refractivity contribution in [3.8, 4) is 0 Å². The van der Waals surface area contributed by atoms with Gasteiger partial charge >= 0.3 is 0 Å². The number of benzene rings is 2. The zero-order valence-electron chi connectivity index (χ0n) is 13.4. The molecule has 0 unspecified atom stereocenters. The number of aromatic nitrogens is 1. The van der Waals surface area contributed by atoms with E-state index in [0.29, 0.717) is 11.1 Å². The third-order valence-corrected chi connectivity index (χ3v) is 4.19. The van der Waals surface area contributed by atoms with Gasteiger partial charge in [-0.25, -0.2) is 8.78 Å². The maximum atomic E-state index is 13.4. The van der Waals surface area contributed by atoms with Gasteiger partial charge in [-0.05, 0) is 37.6 Å². The largest absolute Gasteiger partial charge is 0.360 e. The van der Waals surface area contributed by atoms with E-state index in [1.165, 1.54) is 6.07 Å². The number of hydrogen-bond donors (Lipinski definition) is 2. The van der Waals surface area contributed by atoms with Gasteiger partial charge in [0, 0.05) is 28.7 Å². The molecular weight excluding hydrogens is 310 g/mol. The lowest BCUT2D eigenvalue weighted by molar-refractivity contribution is 0.0947. The summed E-state index contributed by atoms with van der Waals surface area (Å²) in [4.78, 5) is 15.8. The lowest BCUT2D eigenvalue weighted by Gasteiger charge is -2.19. The minimum atomic E-state index is -0.892. The van der Waals surface area contributed by atoms with Crippen LogP contribution in [0.3, 0.4) is 0 Å². The number of ketones is 1. The Kier molecular flexibility index (Phi) is 4.44. The molecule has 0 fully saturated rings. The number of carbonyl (C=O) groups excluding carboxylic acids is 1. The first-order valence-corrected chi connectivity index (χ1v) is 7.78. The molecule has 1 aromatic heterocycles. The molecular formula is C19H18F2N2O. The van der Waals surface area contributed by atoms with Crippen LogP contribution in [0.1, 0.15) is 35.8 Å². The van der Waals surface area contributed by atoms with Gasteiger partial charge in [-0.3, -0.25) is 4.79 Å². The standard InChI is InChI=1S/C19H18F2N2O/c1-11(13-7-8-16(20)17(21)9-13)23-12(2)19(24)15-10-22-18-6-4-3-5-14(15)18/h3-12,22-23H,1-2H3/t11-,12+/m1/s1. The quantitative estimate of drug-likeness (QED) is 0.683. The summed E-state index contributed by atoms with van der Waals surface area (Å²) in [5, 5.41) is 4.01. The van der Waals surface area contributed by atoms with Gasteiger partial charge in [0.25, 0.3) is 0 Å². The van der Waals surface area contributed by atoms with Crippen LogP contribution >= 0.6 is 0 Å². The summed E-state index contributed by atoms with van der Waals surface area (Å²) >= 11 is 0. The van der Waals surface area contributed by atoms with E-state index in [-0.39, 0.29) is 11.8 Å². The number of Topliss-reactive ketones (excluding diaryl/α,β-unsaturated/α-hetero) is 1. The first-order valence-electron chi connectivity index (χ1n) is 7.78. The van der Waals surface area contributed by atoms with Crippen molar-refractivity contribution in [3.63, 3.8) is 0 Å². The number of hydrogen-bond acceptors (Lipinski definition) is 2. The number of carbonyl (C=O) groups is 1. The van der Waals surface area contributed by atoms with Crippen LogP contribution < -0.4 is 5.32 Å². The minimum absolute atomic E-state index is 0.0538. The predicted molar refractivity (Wildman–Crippen MR) is 90.0 cm³/mol. The van der Waals surface area contributed by atoms with Crippen molar-refractivity contribution >= 4 is 16.7 Å². The van der Waals surface area contributed by atoms with E-state index < -0.39 is 17.7 Å². The van der Waals surface area contributed by atoms with Crippen LogP contribution in [0.2, 0.25) is 0 Å². The number of rotatable bonds is 5. The molecule has 2 aromatic carbocycles. The van der Waals surface area contributed by atoms with Crippen LogP contribution in [-0.4, -0.2) is 16.8 Å². The van der Waals surface area contributed by atoms with Crippen LogP contribution in [-0.2, 0) is 0 Å². The van der Waals surface area contributed by atoms with Crippen LogP contribution in [0.4, 0.5) is 8.78 Å². The summed E-state index contributed by atoms with van der Waals surface area (Å²) < 4.78 is 26.4. The highest BCUT2D eigenvalue weighted by molar-refractivity contribution is 6.10. The predicted octanol–water partition coefficient (Wildman–Crippen LogP) is 4.37. The van der Waals surface area contributed by atoms with Crippen LogP contribution in [0, 0.1) is 11.6 Å². The third-order valence-electron chi connectivity index (χ3n) is 4.19. The Morgan fingerprint density at radius 1 is 1.08 bits per heavy atom. The molecule has 124 valence electrons. The zero-order valence-corrected chi connectivity index (χ0v) is 13.4. The Balaban J connectivity index is 1.77. The maximum Gasteiger partial charge on any atom is 0.181 e. The summed E-state index contributed by atoms with van der Waals surface area (Å²) in [7, 11) is 0. The second-order valence-electron chi connectivity index (χ2n) is 5.90. The van der Waals surface area contributed by atoms with Crippen molar-refractivity contribution in [2.45, 2.75) is 25.9 Å². The topological polar surface area (TPSA) is 44.9 Å². The Labute approximate surface area is 138 Å². The molecule has 0 saturated heterocycles. The second kappa shape index (κ2) is 6.53. The van der Waals surface area contributed by atoms with E-state index in [0.717, 1.165) is 23.0 Å². The molecule has 5 heteroatoms. The normalized spacial score (nSPS) is 13.8. The van der Waals surface area contributed by atoms with E-state index in [9.17, 15) is 13.6 Å². The molecule has 2 atom stereocenters. The summed E-state index contributed by atoms with van der Waals surface area (Å²) in [5.41, 5.74) is 2.11. The number of nitrogens with one attached hydrogen (secondary N) is 2. The second-order valence-corrected chi connectivity index (χ2v) is 5.90. The molecule has 3 rings (SSSR count). The number of aromatic amines is 1. The Bertz CT molecular complexity index is 888. The highest BCUT2D eigenvalue weighted by Crippen LogP contribution is 2.21. The molecule has 0 aliphatic heterocycles. The lowest BCUT2D eigenvalue weighted by Crippen LogP contribution is -2.35. The van der Waals surface area contributed by atoms with E-state index in [1.807, 2.05) is 31.2 Å². The fraction of sp³-hybridized carbons (Fsp3) is 0.211. The average molecular weight is 328 g/mol. The fourth-order valence-corrected chi connectivity index (χ4v) is 2.84. The molecule has 0 aliphatic rings. The van der Waals surface area contributed by atoms with Gasteiger partial charge in [0.2, 0.25) is 0 Å². The summed E-state index contributed by atoms with van der Waals surface area (Å²) in [6, 6.07) is 10.6. The summed E-state index contributed by atoms with van der Waals surface area (Å²) in [6.45, 7) is 3.58. The lowest BCUT2D eigenvalue weighted by atomic mass is 10.0. The first-order chi connectivity index (χ1) is 11.5. The Hall–Kier alpha value is -2.53. The third kappa shape index (κ3) is 3.08. The number of H-pyrrole nitrogens is 1. The van der Waals surface area contributed by atoms with Crippen LogP contribution in [0.25, 0.3) is 10.9 Å². The van der Waals surface area contributed by atoms with E-state index in [2.05, 4.69) is 10.3 Å². The van der Waals surface area contributed by atoms with E-state index in [1.54, 1.807) is 13.1 Å². The van der Waals surface area contributed by atoms with Gasteiger partial charge in [-0.15, -0.1) is 0 Å². The molecule has 0 radical (unpaired) electrons. The molecule has 0 bridgehead atoms. The number of halogens is 2. The average Bonchev–Trinajstić information content (AvgIpc) is 3.00. The number of fused-ring (bicyclic) bond motifs is 1. The smallest absolute Gasteiger partial charge is 0.181 e. The first kappa shape index (κ1) is 16.3. The Morgan fingerprint density at radius 3 is 2.58 bits per heavy atom. The molecule has 0 saturated carbocycles. The van der Waals surface area contributed by atoms with Crippen molar-refractivity contribution < 1.29 is 13.6 Å². The SMILES string of the molecule is C[C@H](N[C@H](C)c1ccc(F)c(F)c1)C(=O)c1c[nH]c2ccccc12. The highest BCUT2D eigenvalue weighted by Gasteiger charge is 2.21. The van der Waals surface area contributed by atoms with Crippen molar-refractivity contribution in [1.29, 1.82) is 0 Å². The van der Waals surface area contributed by atoms with Gasteiger partial charge in [-0.1, -0.05) is 24.3 Å². The van der Waals surface area contributed by atoms with Crippen LogP contribution in [0.15, 0.2) is 48.7 Å². The van der Waals surface area contributed by atoms with Crippen molar-refractivity contribution in [3.05, 3.63) is 71.4 Å². The van der Waals surface area contributed by atoms with Crippen molar-refractivity contribution in [2.75, 3.05) is 0 Å². The minimum Gasteiger partial charge on any atom is -0.360 e. The molecule has 0 aliphatic carbocycles. The van der Waals surface area contributed by atoms with Gasteiger partial charge in [-0.2, -0.15) is 0 Å². The van der Waals surface area contributed by atoms with E-state index >= 15 is 0 Å². The van der Waals surface area contributed by atoms with E-state index in [4.69, 9.17) is 0 Å². The molecule has 0 amide bonds. The zero-order chi connectivity index (χ0) is 17.3. The molecule has 2 N–H and O–H groups in total. The molecule has 3 nitrogen and oxygen atoms in total. The molecule has 1 heterocycles. The van der Waals surface area contributed by atoms with Crippen molar-refractivity contribution in [2.24, 2.45) is 0 Å². The van der Waals surface area contributed by atoms with Gasteiger partial charge < -0.3 is 10.3 Å². The van der Waals surface area contributed by atoms with Gasteiger partial charge in [0.15, 0.2) is 17.4 Å². The van der Waals surface area contributed by atoms with Gasteiger partial charge in [0.1, 0.15) is 0 Å². The highest BCUT2D eigenvalue weighted by atomic mass is 19.2. The van der Waals surface area contributed by atoms with Crippen molar-refractivity contribution in [1.82, 2.24) is 10.3 Å². The number of para-hydroxylation sites is 1. The molecule has 0 spiro atoms. The summed E-state index contributed by atoms with van der Waals surface area (Å²) in [5.74, 6) is -1.83. The van der Waals surface area contributed by atoms with Gasteiger partial charge in [0.05, 0.1) is 6.04 Å². The fourth-order valence-electron chi connectivity index (χ4n) is 2.84. The monoisotopic (exact) mass is 328 g/mol.